The minimum atomic E-state index is -4.32. The number of carbonyl (C=O) groups is 2. The second-order valence-corrected chi connectivity index (χ2v) is 12.8. The molecule has 194 valence electrons. The van der Waals surface area contributed by atoms with Gasteiger partial charge in [-0.15, -0.1) is 0 Å². The molecule has 5 rings (SSSR count). The molecule has 9 nitrogen and oxygen atoms in total. The summed E-state index contributed by atoms with van der Waals surface area (Å²) < 4.78 is 30.9. The Morgan fingerprint density at radius 1 is 1.19 bits per heavy atom. The number of fused-ring (bicyclic) bond motifs is 1. The van der Waals surface area contributed by atoms with Gasteiger partial charge in [0.25, 0.3) is 15.9 Å². The van der Waals surface area contributed by atoms with Crippen molar-refractivity contribution in [1.82, 2.24) is 13.9 Å². The van der Waals surface area contributed by atoms with Gasteiger partial charge in [-0.2, -0.15) is 4.31 Å². The Kier molecular flexibility index (Phi) is 6.64. The van der Waals surface area contributed by atoms with Crippen molar-refractivity contribution in [2.45, 2.75) is 42.8 Å². The summed E-state index contributed by atoms with van der Waals surface area (Å²) in [5.74, 6) is -1.57. The fraction of sp³-hybridized carbons (Fsp3) is 0.292. The van der Waals surface area contributed by atoms with E-state index in [0.29, 0.717) is 22.2 Å². The number of aromatic nitrogens is 2. The number of imidazole rings is 1. The number of carbonyl (C=O) groups excluding carboxylic acids is 1. The van der Waals surface area contributed by atoms with Gasteiger partial charge in [-0.25, -0.2) is 18.3 Å². The summed E-state index contributed by atoms with van der Waals surface area (Å²) in [5, 5.41) is 9.96. The molecule has 0 aliphatic carbocycles. The molecule has 1 amide bonds. The molecule has 2 aliphatic rings. The number of carboxylic acids is 1. The summed E-state index contributed by atoms with van der Waals surface area (Å²) in [4.78, 5) is 31.5. The van der Waals surface area contributed by atoms with Crippen LogP contribution in [-0.2, 0) is 31.6 Å². The summed E-state index contributed by atoms with van der Waals surface area (Å²) >= 11 is 15.8. The Labute approximate surface area is 231 Å². The van der Waals surface area contributed by atoms with Gasteiger partial charge < -0.3 is 5.11 Å². The Hall–Kier alpha value is -2.44. The topological polar surface area (TPSA) is 113 Å². The SMILES string of the molecule is C[C@@]1(Cc2ccc(Br)cc2)C(=O)N(c2cc(Cl)cc(Cl)c2)c2ncc(S(=O)(=O)N3CCCC3C(=O)O)n21. The molecule has 3 heterocycles. The van der Waals surface area contributed by atoms with E-state index >= 15 is 0 Å². The largest absolute Gasteiger partial charge is 0.480 e. The van der Waals surface area contributed by atoms with E-state index in [-0.39, 0.29) is 30.4 Å². The van der Waals surface area contributed by atoms with Crippen LogP contribution in [0.3, 0.4) is 0 Å². The lowest BCUT2D eigenvalue weighted by Gasteiger charge is -2.28. The molecule has 0 bridgehead atoms. The van der Waals surface area contributed by atoms with Crippen LogP contribution in [0.2, 0.25) is 10.0 Å². The smallest absolute Gasteiger partial charge is 0.322 e. The third-order valence-corrected chi connectivity index (χ3v) is 9.53. The zero-order valence-electron chi connectivity index (χ0n) is 19.4. The molecule has 1 unspecified atom stereocenters. The van der Waals surface area contributed by atoms with Gasteiger partial charge in [0.1, 0.15) is 11.6 Å². The minimum Gasteiger partial charge on any atom is -0.480 e. The highest BCUT2D eigenvalue weighted by atomic mass is 79.9. The lowest BCUT2D eigenvalue weighted by molar-refractivity contribution is -0.140. The quantitative estimate of drug-likeness (QED) is 0.419. The molecule has 2 aromatic carbocycles. The molecule has 1 fully saturated rings. The number of benzene rings is 2. The molecule has 0 radical (unpaired) electrons. The third-order valence-electron chi connectivity index (χ3n) is 6.70. The molecule has 13 heteroatoms. The first-order chi connectivity index (χ1) is 17.4. The molecule has 37 heavy (non-hydrogen) atoms. The number of aliphatic carboxylic acids is 1. The lowest BCUT2D eigenvalue weighted by Crippen LogP contribution is -2.45. The van der Waals surface area contributed by atoms with E-state index in [1.165, 1.54) is 21.7 Å². The summed E-state index contributed by atoms with van der Waals surface area (Å²) in [5.41, 5.74) is -0.282. The average Bonchev–Trinajstić information content (AvgIpc) is 3.52. The van der Waals surface area contributed by atoms with E-state index in [0.717, 1.165) is 14.3 Å². The van der Waals surface area contributed by atoms with E-state index in [1.54, 1.807) is 19.1 Å². The van der Waals surface area contributed by atoms with Crippen molar-refractivity contribution in [2.75, 3.05) is 11.4 Å². The van der Waals surface area contributed by atoms with Crippen molar-refractivity contribution in [3.8, 4) is 0 Å². The van der Waals surface area contributed by atoms with Gasteiger partial charge in [0.05, 0.1) is 11.9 Å². The number of carboxylic acid groups (broad SMARTS) is 1. The minimum absolute atomic E-state index is 0.0603. The number of hydrogen-bond donors (Lipinski definition) is 1. The Morgan fingerprint density at radius 2 is 1.84 bits per heavy atom. The molecular weight excluding hydrogens is 607 g/mol. The number of amides is 1. The summed E-state index contributed by atoms with van der Waals surface area (Å²) in [6.07, 6.45) is 1.95. The highest BCUT2D eigenvalue weighted by Gasteiger charge is 2.53. The molecule has 0 spiro atoms. The van der Waals surface area contributed by atoms with Crippen LogP contribution in [0.5, 0.6) is 0 Å². The third kappa shape index (κ3) is 4.36. The van der Waals surface area contributed by atoms with E-state index in [4.69, 9.17) is 23.2 Å². The lowest BCUT2D eigenvalue weighted by atomic mass is 9.92. The zero-order valence-corrected chi connectivity index (χ0v) is 23.4. The fourth-order valence-corrected chi connectivity index (χ4v) is 7.63. The van der Waals surface area contributed by atoms with E-state index < -0.39 is 33.5 Å². The number of halogens is 3. The number of nitrogens with zero attached hydrogens (tertiary/aromatic N) is 4. The molecule has 3 aromatic rings. The Morgan fingerprint density at radius 3 is 2.46 bits per heavy atom. The second-order valence-electron chi connectivity index (χ2n) is 9.19. The zero-order chi connectivity index (χ0) is 26.7. The molecule has 1 N–H and O–H groups in total. The first-order valence-corrected chi connectivity index (χ1v) is 14.3. The number of hydrogen-bond acceptors (Lipinski definition) is 5. The summed E-state index contributed by atoms with van der Waals surface area (Å²) in [6, 6.07) is 10.8. The first-order valence-electron chi connectivity index (χ1n) is 11.3. The van der Waals surface area contributed by atoms with Gasteiger partial charge >= 0.3 is 5.97 Å². The average molecular weight is 628 g/mol. The van der Waals surface area contributed by atoms with Crippen molar-refractivity contribution < 1.29 is 23.1 Å². The highest BCUT2D eigenvalue weighted by Crippen LogP contribution is 2.45. The van der Waals surface area contributed by atoms with Gasteiger partial charge in [-0.05, 0) is 55.7 Å². The molecule has 2 atom stereocenters. The van der Waals surface area contributed by atoms with Crippen LogP contribution in [0.15, 0.2) is 58.2 Å². The highest BCUT2D eigenvalue weighted by molar-refractivity contribution is 9.10. The number of anilines is 2. The first kappa shape index (κ1) is 26.2. The van der Waals surface area contributed by atoms with Crippen molar-refractivity contribution in [3.63, 3.8) is 0 Å². The van der Waals surface area contributed by atoms with Gasteiger partial charge in [-0.3, -0.25) is 14.2 Å². The van der Waals surface area contributed by atoms with Gasteiger partial charge in [0.2, 0.25) is 5.95 Å². The van der Waals surface area contributed by atoms with Crippen molar-refractivity contribution in [1.29, 1.82) is 0 Å². The van der Waals surface area contributed by atoms with Crippen LogP contribution in [-0.4, -0.2) is 51.8 Å². The Bertz CT molecular complexity index is 1510. The van der Waals surface area contributed by atoms with Crippen molar-refractivity contribution in [2.24, 2.45) is 0 Å². The van der Waals surface area contributed by atoms with Gasteiger partial charge in [0.15, 0.2) is 5.03 Å². The Balaban J connectivity index is 1.70. The predicted octanol–water partition coefficient (Wildman–Crippen LogP) is 4.83. The van der Waals surface area contributed by atoms with Crippen molar-refractivity contribution in [3.05, 3.63) is 68.7 Å². The molecule has 0 saturated carbocycles. The normalized spacial score (nSPS) is 22.0. The van der Waals surface area contributed by atoms with Crippen LogP contribution in [0, 0.1) is 0 Å². The maximum Gasteiger partial charge on any atom is 0.322 e. The number of sulfonamides is 1. The number of rotatable bonds is 6. The van der Waals surface area contributed by atoms with Crippen molar-refractivity contribution >= 4 is 72.7 Å². The molecule has 1 saturated heterocycles. The van der Waals surface area contributed by atoms with Gasteiger partial charge in [0, 0.05) is 27.5 Å². The van der Waals surface area contributed by atoms with E-state index in [2.05, 4.69) is 20.9 Å². The molecule has 1 aromatic heterocycles. The monoisotopic (exact) mass is 626 g/mol. The van der Waals surface area contributed by atoms with Crippen LogP contribution in [0.1, 0.15) is 25.3 Å². The maximum absolute atomic E-state index is 14.1. The van der Waals surface area contributed by atoms with Crippen LogP contribution in [0.4, 0.5) is 11.6 Å². The predicted molar refractivity (Wildman–Crippen MR) is 142 cm³/mol. The van der Waals surface area contributed by atoms with E-state index in [1.807, 2.05) is 24.3 Å². The summed E-state index contributed by atoms with van der Waals surface area (Å²) in [7, 11) is -4.32. The maximum atomic E-state index is 14.1. The van der Waals surface area contributed by atoms with Gasteiger partial charge in [-0.1, -0.05) is 51.3 Å². The van der Waals surface area contributed by atoms with Crippen LogP contribution < -0.4 is 4.90 Å². The molecular formula is C24H21BrCl2N4O5S. The standard InChI is InChI=1S/C24H21BrCl2N4O5S/c1-24(12-14-4-6-15(25)7-5-14)22(34)30(18-10-16(26)9-17(27)11-18)23-28-13-20(31(23)24)37(35,36)29-8-2-3-19(29)21(32)33/h4-7,9-11,13,19H,2-3,8,12H2,1H3,(H,32,33)/t19?,24-/m1/s1. The van der Waals surface area contributed by atoms with Crippen LogP contribution in [0.25, 0.3) is 0 Å². The molecule has 2 aliphatic heterocycles. The van der Waals surface area contributed by atoms with E-state index in [9.17, 15) is 23.1 Å². The van der Waals surface area contributed by atoms with Crippen LogP contribution >= 0.6 is 39.1 Å². The summed E-state index contributed by atoms with van der Waals surface area (Å²) in [6.45, 7) is 1.71. The second kappa shape index (κ2) is 9.39. The fourth-order valence-electron chi connectivity index (χ4n) is 5.01.